The van der Waals surface area contributed by atoms with Crippen molar-refractivity contribution >= 4 is 40.5 Å². The summed E-state index contributed by atoms with van der Waals surface area (Å²) in [7, 11) is 0. The highest BCUT2D eigenvalue weighted by Crippen LogP contribution is 2.41. The molecule has 0 radical (unpaired) electrons. The maximum atomic E-state index is 4.64. The Morgan fingerprint density at radius 2 is 1.54 bits per heavy atom. The minimum Gasteiger partial charge on any atom is -0.369 e. The van der Waals surface area contributed by atoms with Gasteiger partial charge in [0.2, 0.25) is 0 Å². The molecule has 35 heavy (non-hydrogen) atoms. The third-order valence-electron chi connectivity index (χ3n) is 6.11. The van der Waals surface area contributed by atoms with E-state index < -0.39 is 0 Å². The van der Waals surface area contributed by atoms with Gasteiger partial charge in [-0.15, -0.1) is 23.1 Å². The van der Waals surface area contributed by atoms with Crippen LogP contribution in [0, 0.1) is 13.8 Å². The molecule has 1 saturated heterocycles. The lowest BCUT2D eigenvalue weighted by Crippen LogP contribution is -2.43. The summed E-state index contributed by atoms with van der Waals surface area (Å²) >= 11 is 5.37. The average Bonchev–Trinajstić information content (AvgIpc) is 3.32. The zero-order chi connectivity index (χ0) is 24.2. The number of anilines is 1. The molecule has 0 atom stereocenters. The highest BCUT2D eigenvalue weighted by atomic mass is 32.2. The largest absolute Gasteiger partial charge is 0.369 e. The Bertz CT molecular complexity index is 1260. The summed E-state index contributed by atoms with van der Waals surface area (Å²) in [5, 5.41) is 4.28. The minimum absolute atomic E-state index is 0.845. The van der Waals surface area contributed by atoms with Crippen LogP contribution in [0.15, 0.2) is 70.7 Å². The van der Waals surface area contributed by atoms with Gasteiger partial charge in [0.1, 0.15) is 0 Å². The monoisotopic (exact) mass is 518 g/mol. The van der Waals surface area contributed by atoms with Gasteiger partial charge in [0.15, 0.2) is 5.16 Å². The molecule has 2 aromatic heterocycles. The van der Waals surface area contributed by atoms with Gasteiger partial charge in [0.05, 0.1) is 0 Å². The van der Waals surface area contributed by atoms with Gasteiger partial charge in [0.25, 0.3) is 0 Å². The van der Waals surface area contributed by atoms with Crippen LogP contribution < -0.4 is 10.2 Å². The van der Waals surface area contributed by atoms with E-state index in [-0.39, 0.29) is 0 Å². The molecule has 7 heteroatoms. The minimum atomic E-state index is 0.845. The first kappa shape index (κ1) is 24.4. The number of benzene rings is 2. The summed E-state index contributed by atoms with van der Waals surface area (Å²) in [6.07, 6.45) is 2.12. The summed E-state index contributed by atoms with van der Waals surface area (Å²) in [5.41, 5.74) is 7.22. The molecular weight excluding hydrogens is 489 g/mol. The molecule has 0 amide bonds. The first-order chi connectivity index (χ1) is 17.1. The summed E-state index contributed by atoms with van der Waals surface area (Å²) in [6.45, 7) is 8.30. The van der Waals surface area contributed by atoms with E-state index in [4.69, 9.17) is 0 Å². The average molecular weight is 519 g/mol. The van der Waals surface area contributed by atoms with Crippen molar-refractivity contribution in [3.05, 3.63) is 77.6 Å². The first-order valence-electron chi connectivity index (χ1n) is 11.9. The predicted octanol–water partition coefficient (Wildman–Crippen LogP) is 6.91. The maximum absolute atomic E-state index is 4.64. The van der Waals surface area contributed by atoms with Crippen LogP contribution in [-0.4, -0.2) is 42.4 Å². The smallest absolute Gasteiger partial charge is 0.188 e. The lowest BCUT2D eigenvalue weighted by Gasteiger charge is -2.29. The molecule has 3 heterocycles. The topological polar surface area (TPSA) is 41.0 Å². The molecule has 5 rings (SSSR count). The summed E-state index contributed by atoms with van der Waals surface area (Å²) < 4.78 is 0. The number of nitrogens with one attached hydrogen (secondary N) is 1. The van der Waals surface area contributed by atoms with Gasteiger partial charge >= 0.3 is 0 Å². The lowest BCUT2D eigenvalue weighted by molar-refractivity contribution is 0.589. The van der Waals surface area contributed by atoms with Crippen LogP contribution in [0.3, 0.4) is 0 Å². The van der Waals surface area contributed by atoms with E-state index in [1.807, 2.05) is 31.3 Å². The standard InChI is InChI=1S/C28H30N4S3/c1-19-16-20(2)31-28(30-19)34-18-23-17-26(35-27(23)22-6-10-25(33-3)11-7-22)21-4-8-24(9-5-21)32-14-12-29-13-15-32/h4-11,16-17,29H,12-15,18H2,1-3H3. The highest BCUT2D eigenvalue weighted by Gasteiger charge is 2.15. The van der Waals surface area contributed by atoms with Gasteiger partial charge in [-0.3, -0.25) is 0 Å². The van der Waals surface area contributed by atoms with Crippen molar-refractivity contribution < 1.29 is 0 Å². The predicted molar refractivity (Wildman–Crippen MR) is 153 cm³/mol. The Labute approximate surface area is 220 Å². The second-order valence-corrected chi connectivity index (χ2v) is 11.6. The number of aryl methyl sites for hydroxylation is 2. The van der Waals surface area contributed by atoms with Crippen molar-refractivity contribution in [3.63, 3.8) is 0 Å². The van der Waals surface area contributed by atoms with Gasteiger partial charge in [-0.05, 0) is 73.2 Å². The second kappa shape index (κ2) is 11.2. The molecule has 0 unspecified atom stereocenters. The van der Waals surface area contributed by atoms with Crippen molar-refractivity contribution in [2.75, 3.05) is 37.3 Å². The fourth-order valence-electron chi connectivity index (χ4n) is 4.32. The summed E-state index contributed by atoms with van der Waals surface area (Å²) in [4.78, 5) is 15.6. The molecule has 1 aliphatic rings. The molecule has 180 valence electrons. The molecule has 1 N–H and O–H groups in total. The van der Waals surface area contributed by atoms with Crippen molar-refractivity contribution in [1.29, 1.82) is 0 Å². The van der Waals surface area contributed by atoms with Crippen LogP contribution >= 0.6 is 34.9 Å². The summed E-state index contributed by atoms with van der Waals surface area (Å²) in [5.74, 6) is 0.845. The maximum Gasteiger partial charge on any atom is 0.188 e. The van der Waals surface area contributed by atoms with Crippen LogP contribution in [0.2, 0.25) is 0 Å². The molecule has 1 aliphatic heterocycles. The molecule has 4 nitrogen and oxygen atoms in total. The van der Waals surface area contributed by atoms with Crippen LogP contribution in [0.5, 0.6) is 0 Å². The summed E-state index contributed by atoms with van der Waals surface area (Å²) in [6, 6.07) is 22.4. The third-order valence-corrected chi connectivity index (χ3v) is 9.03. The van der Waals surface area contributed by atoms with Crippen LogP contribution in [-0.2, 0) is 5.75 Å². The van der Waals surface area contributed by atoms with Crippen LogP contribution in [0.25, 0.3) is 20.9 Å². The number of hydrogen-bond acceptors (Lipinski definition) is 7. The Balaban J connectivity index is 1.44. The molecule has 0 aliphatic carbocycles. The Kier molecular flexibility index (Phi) is 7.78. The Morgan fingerprint density at radius 3 is 2.20 bits per heavy atom. The Hall–Kier alpha value is -2.32. The molecule has 1 fully saturated rings. The number of piperazine rings is 1. The van der Waals surface area contributed by atoms with E-state index in [9.17, 15) is 0 Å². The number of hydrogen-bond donors (Lipinski definition) is 1. The molecule has 0 spiro atoms. The molecular formula is C28H30N4S3. The van der Waals surface area contributed by atoms with E-state index >= 15 is 0 Å². The fourth-order valence-corrected chi connectivity index (χ4v) is 6.95. The number of thioether (sulfide) groups is 2. The lowest BCUT2D eigenvalue weighted by atomic mass is 10.1. The normalized spacial score (nSPS) is 13.9. The van der Waals surface area contributed by atoms with E-state index in [0.29, 0.717) is 0 Å². The number of rotatable bonds is 7. The van der Waals surface area contributed by atoms with Crippen molar-refractivity contribution in [2.45, 2.75) is 29.7 Å². The Morgan fingerprint density at radius 1 is 0.886 bits per heavy atom. The molecule has 0 bridgehead atoms. The molecule has 4 aromatic rings. The van der Waals surface area contributed by atoms with Gasteiger partial charge < -0.3 is 10.2 Å². The van der Waals surface area contributed by atoms with E-state index in [0.717, 1.165) is 48.5 Å². The van der Waals surface area contributed by atoms with Crippen LogP contribution in [0.1, 0.15) is 17.0 Å². The van der Waals surface area contributed by atoms with Crippen molar-refractivity contribution in [2.24, 2.45) is 0 Å². The zero-order valence-corrected chi connectivity index (χ0v) is 22.8. The number of aromatic nitrogens is 2. The van der Waals surface area contributed by atoms with Gasteiger partial charge in [-0.25, -0.2) is 9.97 Å². The van der Waals surface area contributed by atoms with Gasteiger partial charge in [-0.1, -0.05) is 36.0 Å². The zero-order valence-electron chi connectivity index (χ0n) is 20.4. The van der Waals surface area contributed by atoms with E-state index in [1.54, 1.807) is 23.5 Å². The van der Waals surface area contributed by atoms with E-state index in [1.165, 1.54) is 37.0 Å². The van der Waals surface area contributed by atoms with Crippen molar-refractivity contribution in [3.8, 4) is 20.9 Å². The number of thiophene rings is 1. The van der Waals surface area contributed by atoms with Gasteiger partial charge in [0, 0.05) is 63.7 Å². The second-order valence-electron chi connectivity index (χ2n) is 8.70. The highest BCUT2D eigenvalue weighted by molar-refractivity contribution is 7.98. The van der Waals surface area contributed by atoms with Crippen molar-refractivity contribution in [1.82, 2.24) is 15.3 Å². The quantitative estimate of drug-likeness (QED) is 0.212. The van der Waals surface area contributed by atoms with Gasteiger partial charge in [-0.2, -0.15) is 0 Å². The third kappa shape index (κ3) is 5.92. The molecule has 0 saturated carbocycles. The molecule has 2 aromatic carbocycles. The van der Waals surface area contributed by atoms with Crippen LogP contribution in [0.4, 0.5) is 5.69 Å². The van der Waals surface area contributed by atoms with E-state index in [2.05, 4.69) is 81.0 Å². The SMILES string of the molecule is CSc1ccc(-c2sc(-c3ccc(N4CCNCC4)cc3)cc2CSc2nc(C)cc(C)n2)cc1. The fraction of sp³-hybridized carbons (Fsp3) is 0.286. The number of nitrogens with zero attached hydrogens (tertiary/aromatic N) is 3. The first-order valence-corrected chi connectivity index (χ1v) is 14.9.